The highest BCUT2D eigenvalue weighted by atomic mass is 16.1. The zero-order chi connectivity index (χ0) is 20.4. The zero-order valence-electron chi connectivity index (χ0n) is 16.6. The van der Waals surface area contributed by atoms with Crippen LogP contribution in [-0.4, -0.2) is 18.8 Å². The lowest BCUT2D eigenvalue weighted by atomic mass is 9.69. The Bertz CT molecular complexity index is 1480. The summed E-state index contributed by atoms with van der Waals surface area (Å²) in [5, 5.41) is 8.02. The molecule has 5 aromatic carbocycles. The van der Waals surface area contributed by atoms with Gasteiger partial charge >= 0.3 is 0 Å². The first-order valence-electron chi connectivity index (χ1n) is 9.71. The standard InChI is InChI=1S/C25H19BNO2/c1-12(28)14-7-9-17-16-5-4-6-18-20(26-3)11-21(27)25(23(16)18)19-10-8-15(13(2)29)22(14)24(17)19/h4-11H,27H2,1-3H3. The van der Waals surface area contributed by atoms with E-state index in [1.54, 1.807) is 13.8 Å². The van der Waals surface area contributed by atoms with E-state index in [0.29, 0.717) is 16.8 Å². The van der Waals surface area contributed by atoms with Crippen molar-refractivity contribution in [2.24, 2.45) is 0 Å². The van der Waals surface area contributed by atoms with E-state index in [1.807, 2.05) is 37.2 Å². The van der Waals surface area contributed by atoms with Crippen LogP contribution in [0.2, 0.25) is 6.82 Å². The molecule has 0 bridgehead atoms. The van der Waals surface area contributed by atoms with E-state index in [0.717, 1.165) is 48.6 Å². The number of ketones is 2. The van der Waals surface area contributed by atoms with E-state index in [4.69, 9.17) is 5.73 Å². The molecule has 0 saturated carbocycles. The number of carbonyl (C=O) groups excluding carboxylic acids is 2. The van der Waals surface area contributed by atoms with Crippen LogP contribution in [-0.2, 0) is 0 Å². The average Bonchev–Trinajstić information content (AvgIpc) is 2.71. The van der Waals surface area contributed by atoms with Crippen LogP contribution in [0, 0.1) is 0 Å². The predicted octanol–water partition coefficient (Wildman–Crippen LogP) is 5.10. The third-order valence-corrected chi connectivity index (χ3v) is 6.01. The maximum absolute atomic E-state index is 12.4. The summed E-state index contributed by atoms with van der Waals surface area (Å²) in [4.78, 5) is 24.8. The molecule has 0 fully saturated rings. The Kier molecular flexibility index (Phi) is 3.69. The van der Waals surface area contributed by atoms with Gasteiger partial charge in [0.1, 0.15) is 7.28 Å². The van der Waals surface area contributed by atoms with Crippen LogP contribution in [0.15, 0.2) is 48.5 Å². The van der Waals surface area contributed by atoms with E-state index in [-0.39, 0.29) is 11.6 Å². The summed E-state index contributed by atoms with van der Waals surface area (Å²) in [7, 11) is 2.07. The second kappa shape index (κ2) is 6.05. The fourth-order valence-corrected chi connectivity index (χ4v) is 4.79. The van der Waals surface area contributed by atoms with E-state index in [9.17, 15) is 9.59 Å². The molecular formula is C25H19BNO2. The van der Waals surface area contributed by atoms with Crippen LogP contribution in [0.3, 0.4) is 0 Å². The number of Topliss-reactive ketones (excluding diaryl/α,β-unsaturated/α-hetero) is 2. The minimum atomic E-state index is -0.0518. The molecule has 1 radical (unpaired) electrons. The van der Waals surface area contributed by atoms with Gasteiger partial charge in [-0.15, -0.1) is 0 Å². The molecule has 0 spiro atoms. The number of anilines is 1. The summed E-state index contributed by atoms with van der Waals surface area (Å²) >= 11 is 0. The topological polar surface area (TPSA) is 60.2 Å². The maximum Gasteiger partial charge on any atom is 0.160 e. The highest BCUT2D eigenvalue weighted by Crippen LogP contribution is 2.43. The lowest BCUT2D eigenvalue weighted by molar-refractivity contribution is 0.101. The van der Waals surface area contributed by atoms with E-state index in [1.165, 1.54) is 0 Å². The predicted molar refractivity (Wildman–Crippen MR) is 123 cm³/mol. The summed E-state index contributed by atoms with van der Waals surface area (Å²) < 4.78 is 0. The molecular weight excluding hydrogens is 357 g/mol. The van der Waals surface area contributed by atoms with Gasteiger partial charge in [-0.05, 0) is 52.2 Å². The number of rotatable bonds is 3. The van der Waals surface area contributed by atoms with Crippen molar-refractivity contribution in [3.8, 4) is 0 Å². The van der Waals surface area contributed by atoms with Crippen molar-refractivity contribution in [1.82, 2.24) is 0 Å². The number of benzene rings is 5. The Morgan fingerprint density at radius 3 is 1.90 bits per heavy atom. The van der Waals surface area contributed by atoms with Crippen molar-refractivity contribution in [1.29, 1.82) is 0 Å². The molecule has 0 aliphatic heterocycles. The normalized spacial score (nSPS) is 11.7. The van der Waals surface area contributed by atoms with Gasteiger partial charge in [-0.1, -0.05) is 54.8 Å². The Balaban J connectivity index is 2.20. The minimum absolute atomic E-state index is 0.0518. The number of fused-ring (bicyclic) bond motifs is 2. The van der Waals surface area contributed by atoms with E-state index < -0.39 is 0 Å². The molecule has 139 valence electrons. The number of carbonyl (C=O) groups is 2. The van der Waals surface area contributed by atoms with Crippen LogP contribution >= 0.6 is 0 Å². The molecule has 0 atom stereocenters. The molecule has 0 aromatic heterocycles. The van der Waals surface area contributed by atoms with Crippen LogP contribution in [0.5, 0.6) is 0 Å². The molecule has 0 unspecified atom stereocenters. The molecule has 4 heteroatoms. The number of nitrogens with two attached hydrogens (primary N) is 1. The Morgan fingerprint density at radius 2 is 1.28 bits per heavy atom. The largest absolute Gasteiger partial charge is 0.398 e. The highest BCUT2D eigenvalue weighted by Gasteiger charge is 2.21. The van der Waals surface area contributed by atoms with Crippen LogP contribution in [0.1, 0.15) is 34.6 Å². The molecule has 3 nitrogen and oxygen atoms in total. The monoisotopic (exact) mass is 376 g/mol. The molecule has 2 N–H and O–H groups in total. The molecule has 0 saturated heterocycles. The van der Waals surface area contributed by atoms with Gasteiger partial charge in [0.2, 0.25) is 0 Å². The van der Waals surface area contributed by atoms with Crippen LogP contribution in [0.25, 0.3) is 43.1 Å². The van der Waals surface area contributed by atoms with Crippen molar-refractivity contribution < 1.29 is 9.59 Å². The molecule has 29 heavy (non-hydrogen) atoms. The Hall–Kier alpha value is -3.40. The molecule has 5 rings (SSSR count). The van der Waals surface area contributed by atoms with Crippen molar-refractivity contribution >= 4 is 73.1 Å². The molecule has 0 heterocycles. The number of hydrogen-bond acceptors (Lipinski definition) is 3. The summed E-state index contributed by atoms with van der Waals surface area (Å²) in [5.41, 5.74) is 9.50. The van der Waals surface area contributed by atoms with E-state index >= 15 is 0 Å². The van der Waals surface area contributed by atoms with Gasteiger partial charge in [0.15, 0.2) is 11.6 Å². The molecule has 0 aliphatic rings. The van der Waals surface area contributed by atoms with Crippen molar-refractivity contribution in [3.05, 3.63) is 59.7 Å². The SMILES string of the molecule is C[B]c1cc(N)c2c3ccc(C(C)=O)c4c(C(C)=O)ccc(c5cccc1c52)c43. The first-order chi connectivity index (χ1) is 13.9. The van der Waals surface area contributed by atoms with Gasteiger partial charge in [0.25, 0.3) is 0 Å². The summed E-state index contributed by atoms with van der Waals surface area (Å²) in [6, 6.07) is 15.9. The number of nitrogen functional groups attached to an aromatic ring is 1. The summed E-state index contributed by atoms with van der Waals surface area (Å²) in [5.74, 6) is -0.104. The molecule has 0 aliphatic carbocycles. The van der Waals surface area contributed by atoms with Gasteiger partial charge in [0, 0.05) is 27.6 Å². The number of hydrogen-bond donors (Lipinski definition) is 1. The van der Waals surface area contributed by atoms with Gasteiger partial charge < -0.3 is 5.73 Å². The van der Waals surface area contributed by atoms with Crippen LogP contribution < -0.4 is 11.2 Å². The van der Waals surface area contributed by atoms with Crippen LogP contribution in [0.4, 0.5) is 5.69 Å². The lowest BCUT2D eigenvalue weighted by Gasteiger charge is -2.20. The van der Waals surface area contributed by atoms with Crippen molar-refractivity contribution in [2.45, 2.75) is 20.7 Å². The third kappa shape index (κ3) is 2.26. The summed E-state index contributed by atoms with van der Waals surface area (Å²) in [6.45, 7) is 5.10. The quantitative estimate of drug-likeness (QED) is 0.157. The fraction of sp³-hybridized carbons (Fsp3) is 0.120. The summed E-state index contributed by atoms with van der Waals surface area (Å²) in [6.07, 6.45) is 0. The zero-order valence-corrected chi connectivity index (χ0v) is 16.6. The van der Waals surface area contributed by atoms with Crippen molar-refractivity contribution in [3.63, 3.8) is 0 Å². The van der Waals surface area contributed by atoms with Gasteiger partial charge in [-0.25, -0.2) is 0 Å². The smallest absolute Gasteiger partial charge is 0.160 e. The minimum Gasteiger partial charge on any atom is -0.398 e. The van der Waals surface area contributed by atoms with Gasteiger partial charge in [-0.3, -0.25) is 9.59 Å². The first kappa shape index (κ1) is 17.7. The molecule has 0 amide bonds. The highest BCUT2D eigenvalue weighted by molar-refractivity contribution is 6.57. The van der Waals surface area contributed by atoms with E-state index in [2.05, 4.69) is 25.5 Å². The third-order valence-electron chi connectivity index (χ3n) is 6.01. The lowest BCUT2D eigenvalue weighted by Crippen LogP contribution is -2.13. The average molecular weight is 376 g/mol. The Labute approximate surface area is 169 Å². The maximum atomic E-state index is 12.4. The second-order valence-corrected chi connectivity index (χ2v) is 7.63. The Morgan fingerprint density at radius 1 is 0.724 bits per heavy atom. The second-order valence-electron chi connectivity index (χ2n) is 7.63. The van der Waals surface area contributed by atoms with Gasteiger partial charge in [-0.2, -0.15) is 0 Å². The molecule has 5 aromatic rings. The van der Waals surface area contributed by atoms with Crippen molar-refractivity contribution in [2.75, 3.05) is 5.73 Å². The van der Waals surface area contributed by atoms with Gasteiger partial charge in [0.05, 0.1) is 0 Å². The fourth-order valence-electron chi connectivity index (χ4n) is 4.79. The first-order valence-corrected chi connectivity index (χ1v) is 9.71.